The highest BCUT2D eigenvalue weighted by molar-refractivity contribution is 7.13. The Morgan fingerprint density at radius 1 is 1.55 bits per heavy atom. The molecular formula is C8H14N2S. The van der Waals surface area contributed by atoms with E-state index in [1.165, 1.54) is 12.1 Å². The van der Waals surface area contributed by atoms with Crippen LogP contribution in [0.25, 0.3) is 0 Å². The van der Waals surface area contributed by atoms with Crippen molar-refractivity contribution in [1.82, 2.24) is 4.98 Å². The van der Waals surface area contributed by atoms with Crippen LogP contribution in [-0.2, 0) is 6.42 Å². The van der Waals surface area contributed by atoms with E-state index in [0.717, 1.165) is 11.6 Å². The third-order valence-electron chi connectivity index (χ3n) is 1.43. The molecule has 0 radical (unpaired) electrons. The fraction of sp³-hybridized carbons (Fsp3) is 0.625. The molecule has 0 atom stereocenters. The summed E-state index contributed by atoms with van der Waals surface area (Å²) >= 11 is 1.71. The van der Waals surface area contributed by atoms with Crippen LogP contribution in [0.2, 0.25) is 0 Å². The average Bonchev–Trinajstić information content (AvgIpc) is 2.37. The van der Waals surface area contributed by atoms with Crippen LogP contribution in [0, 0.1) is 0 Å². The zero-order valence-corrected chi connectivity index (χ0v) is 8.11. The van der Waals surface area contributed by atoms with Crippen molar-refractivity contribution in [2.45, 2.75) is 19.8 Å². The minimum Gasteiger partial charge on any atom is -0.354 e. The first-order valence-corrected chi connectivity index (χ1v) is 4.73. The molecular weight excluding hydrogens is 156 g/mol. The van der Waals surface area contributed by atoms with Crippen LogP contribution in [0.3, 0.4) is 0 Å². The zero-order valence-electron chi connectivity index (χ0n) is 7.29. The lowest BCUT2D eigenvalue weighted by Crippen LogP contribution is -2.07. The van der Waals surface area contributed by atoms with Crippen LogP contribution in [0.4, 0.5) is 5.13 Å². The normalized spacial score (nSPS) is 10.1. The van der Waals surface area contributed by atoms with E-state index in [0.29, 0.717) is 0 Å². The SMILES string of the molecule is CCCc1csc(N(C)C)n1. The van der Waals surface area contributed by atoms with Gasteiger partial charge >= 0.3 is 0 Å². The summed E-state index contributed by atoms with van der Waals surface area (Å²) in [5, 5.41) is 3.24. The Morgan fingerprint density at radius 2 is 2.27 bits per heavy atom. The van der Waals surface area contributed by atoms with Gasteiger partial charge in [0.05, 0.1) is 5.69 Å². The van der Waals surface area contributed by atoms with E-state index in [1.54, 1.807) is 11.3 Å². The number of hydrogen-bond acceptors (Lipinski definition) is 3. The van der Waals surface area contributed by atoms with E-state index >= 15 is 0 Å². The van der Waals surface area contributed by atoms with E-state index < -0.39 is 0 Å². The highest BCUT2D eigenvalue weighted by Crippen LogP contribution is 2.18. The van der Waals surface area contributed by atoms with Gasteiger partial charge in [0.2, 0.25) is 0 Å². The molecule has 62 valence electrons. The van der Waals surface area contributed by atoms with Gasteiger partial charge < -0.3 is 4.90 Å². The van der Waals surface area contributed by atoms with Gasteiger partial charge in [0.25, 0.3) is 0 Å². The zero-order chi connectivity index (χ0) is 8.27. The molecule has 0 fully saturated rings. The Labute approximate surface area is 71.9 Å². The Bertz CT molecular complexity index is 218. The number of aromatic nitrogens is 1. The fourth-order valence-corrected chi connectivity index (χ4v) is 1.67. The van der Waals surface area contributed by atoms with Crippen molar-refractivity contribution in [1.29, 1.82) is 0 Å². The lowest BCUT2D eigenvalue weighted by Gasteiger charge is -2.05. The standard InChI is InChI=1S/C8H14N2S/c1-4-5-7-6-11-8(9-7)10(2)3/h6H,4-5H2,1-3H3. The average molecular weight is 170 g/mol. The van der Waals surface area contributed by atoms with Crippen molar-refractivity contribution in [3.05, 3.63) is 11.1 Å². The van der Waals surface area contributed by atoms with Crippen LogP contribution < -0.4 is 4.90 Å². The van der Waals surface area contributed by atoms with Crippen molar-refractivity contribution >= 4 is 16.5 Å². The van der Waals surface area contributed by atoms with Crippen molar-refractivity contribution < 1.29 is 0 Å². The van der Waals surface area contributed by atoms with Crippen LogP contribution >= 0.6 is 11.3 Å². The van der Waals surface area contributed by atoms with Crippen molar-refractivity contribution in [2.75, 3.05) is 19.0 Å². The molecule has 0 amide bonds. The van der Waals surface area contributed by atoms with Crippen molar-refractivity contribution in [2.24, 2.45) is 0 Å². The highest BCUT2D eigenvalue weighted by atomic mass is 32.1. The number of thiazole rings is 1. The molecule has 0 aliphatic heterocycles. The maximum absolute atomic E-state index is 4.44. The molecule has 0 aliphatic carbocycles. The molecule has 0 aliphatic rings. The Kier molecular flexibility index (Phi) is 2.88. The molecule has 0 aromatic carbocycles. The quantitative estimate of drug-likeness (QED) is 0.691. The summed E-state index contributed by atoms with van der Waals surface area (Å²) in [5.74, 6) is 0. The molecule has 1 aromatic rings. The van der Waals surface area contributed by atoms with Crippen LogP contribution in [0.15, 0.2) is 5.38 Å². The maximum atomic E-state index is 4.44. The van der Waals surface area contributed by atoms with Crippen LogP contribution in [-0.4, -0.2) is 19.1 Å². The number of nitrogens with zero attached hydrogens (tertiary/aromatic N) is 2. The minimum absolute atomic E-state index is 1.10. The topological polar surface area (TPSA) is 16.1 Å². The molecule has 0 unspecified atom stereocenters. The Balaban J connectivity index is 2.66. The summed E-state index contributed by atoms with van der Waals surface area (Å²) < 4.78 is 0. The molecule has 0 N–H and O–H groups in total. The molecule has 0 bridgehead atoms. The Morgan fingerprint density at radius 3 is 2.73 bits per heavy atom. The summed E-state index contributed by atoms with van der Waals surface area (Å²) in [6.07, 6.45) is 2.28. The van der Waals surface area contributed by atoms with E-state index in [4.69, 9.17) is 0 Å². The lowest BCUT2D eigenvalue weighted by atomic mass is 10.3. The number of hydrogen-bond donors (Lipinski definition) is 0. The number of aryl methyl sites for hydroxylation is 1. The van der Waals surface area contributed by atoms with E-state index in [1.807, 2.05) is 19.0 Å². The fourth-order valence-electron chi connectivity index (χ4n) is 0.873. The summed E-state index contributed by atoms with van der Waals surface area (Å²) in [5.41, 5.74) is 1.22. The molecule has 1 heterocycles. The second-order valence-electron chi connectivity index (χ2n) is 2.77. The monoisotopic (exact) mass is 170 g/mol. The number of anilines is 1. The van der Waals surface area contributed by atoms with Crippen molar-refractivity contribution in [3.63, 3.8) is 0 Å². The van der Waals surface area contributed by atoms with Crippen LogP contribution in [0.1, 0.15) is 19.0 Å². The first-order valence-electron chi connectivity index (χ1n) is 3.85. The third kappa shape index (κ3) is 2.19. The minimum atomic E-state index is 1.10. The van der Waals surface area contributed by atoms with Gasteiger partial charge in [-0.05, 0) is 6.42 Å². The molecule has 0 saturated carbocycles. The lowest BCUT2D eigenvalue weighted by molar-refractivity contribution is 0.888. The highest BCUT2D eigenvalue weighted by Gasteiger charge is 2.01. The largest absolute Gasteiger partial charge is 0.354 e. The predicted molar refractivity (Wildman–Crippen MR) is 50.4 cm³/mol. The second kappa shape index (κ2) is 3.72. The predicted octanol–water partition coefficient (Wildman–Crippen LogP) is 2.16. The molecule has 1 aromatic heterocycles. The Hall–Kier alpha value is -0.570. The molecule has 11 heavy (non-hydrogen) atoms. The van der Waals surface area contributed by atoms with Gasteiger partial charge in [-0.15, -0.1) is 11.3 Å². The van der Waals surface area contributed by atoms with Gasteiger partial charge in [-0.25, -0.2) is 4.98 Å². The third-order valence-corrected chi connectivity index (χ3v) is 2.49. The summed E-state index contributed by atoms with van der Waals surface area (Å²) in [7, 11) is 4.04. The van der Waals surface area contributed by atoms with Gasteiger partial charge in [0.1, 0.15) is 0 Å². The molecule has 0 saturated heterocycles. The summed E-state index contributed by atoms with van der Waals surface area (Å²) in [6.45, 7) is 2.18. The van der Waals surface area contributed by atoms with E-state index in [2.05, 4.69) is 17.3 Å². The number of rotatable bonds is 3. The van der Waals surface area contributed by atoms with Gasteiger partial charge in [-0.1, -0.05) is 13.3 Å². The smallest absolute Gasteiger partial charge is 0.184 e. The molecule has 1 rings (SSSR count). The molecule has 0 spiro atoms. The molecule has 3 heteroatoms. The summed E-state index contributed by atoms with van der Waals surface area (Å²) in [4.78, 5) is 6.49. The van der Waals surface area contributed by atoms with Gasteiger partial charge in [-0.2, -0.15) is 0 Å². The van der Waals surface area contributed by atoms with E-state index in [9.17, 15) is 0 Å². The van der Waals surface area contributed by atoms with Gasteiger partial charge in [0, 0.05) is 19.5 Å². The molecule has 2 nitrogen and oxygen atoms in total. The van der Waals surface area contributed by atoms with Crippen molar-refractivity contribution in [3.8, 4) is 0 Å². The van der Waals surface area contributed by atoms with E-state index in [-0.39, 0.29) is 0 Å². The second-order valence-corrected chi connectivity index (χ2v) is 3.60. The summed E-state index contributed by atoms with van der Waals surface area (Å²) in [6, 6.07) is 0. The van der Waals surface area contributed by atoms with Gasteiger partial charge in [0.15, 0.2) is 5.13 Å². The first-order chi connectivity index (χ1) is 5.24. The maximum Gasteiger partial charge on any atom is 0.184 e. The van der Waals surface area contributed by atoms with Gasteiger partial charge in [-0.3, -0.25) is 0 Å². The first kappa shape index (κ1) is 8.53. The van der Waals surface area contributed by atoms with Crippen LogP contribution in [0.5, 0.6) is 0 Å².